The number of carbonyl (C=O) groups excluding carboxylic acids is 1. The lowest BCUT2D eigenvalue weighted by molar-refractivity contribution is -0.158. The van der Waals surface area contributed by atoms with Gasteiger partial charge in [-0.25, -0.2) is 9.78 Å². The Hall–Kier alpha value is -3.07. The first-order valence-corrected chi connectivity index (χ1v) is 12.7. The van der Waals surface area contributed by atoms with Crippen LogP contribution >= 0.6 is 11.3 Å². The smallest absolute Gasteiger partial charge is 0.416 e. The van der Waals surface area contributed by atoms with Crippen LogP contribution in [0, 0.1) is 6.92 Å². The zero-order valence-electron chi connectivity index (χ0n) is 20.7. The van der Waals surface area contributed by atoms with Crippen LogP contribution in [0.5, 0.6) is 5.75 Å². The molecule has 0 amide bonds. The number of thiazole rings is 1. The molecule has 0 saturated heterocycles. The van der Waals surface area contributed by atoms with E-state index in [1.165, 1.54) is 29.0 Å². The number of ether oxygens (including phenoxy) is 2. The number of hydrogen-bond acceptors (Lipinski definition) is 6. The summed E-state index contributed by atoms with van der Waals surface area (Å²) in [7, 11) is 0. The molecule has 2 heterocycles. The average molecular weight is 519 g/mol. The minimum atomic E-state index is -4.35. The first-order chi connectivity index (χ1) is 17.0. The van der Waals surface area contributed by atoms with E-state index in [1.54, 1.807) is 20.8 Å². The van der Waals surface area contributed by atoms with Crippen molar-refractivity contribution in [1.82, 2.24) is 4.98 Å². The van der Waals surface area contributed by atoms with Crippen LogP contribution in [-0.4, -0.2) is 36.3 Å². The first-order valence-electron chi connectivity index (χ1n) is 11.9. The van der Waals surface area contributed by atoms with Crippen molar-refractivity contribution in [1.29, 1.82) is 0 Å². The minimum absolute atomic E-state index is 0.301. The van der Waals surface area contributed by atoms with Gasteiger partial charge < -0.3 is 14.4 Å². The fourth-order valence-electron chi connectivity index (χ4n) is 4.21. The van der Waals surface area contributed by atoms with Gasteiger partial charge in [-0.1, -0.05) is 12.1 Å². The Morgan fingerprint density at radius 2 is 1.86 bits per heavy atom. The molecule has 4 rings (SSSR count). The van der Waals surface area contributed by atoms with Crippen LogP contribution in [-0.2, 0) is 28.5 Å². The predicted octanol–water partition coefficient (Wildman–Crippen LogP) is 6.46. The van der Waals surface area contributed by atoms with Gasteiger partial charge in [-0.05, 0) is 70.0 Å². The van der Waals surface area contributed by atoms with Crippen LogP contribution < -0.4 is 9.64 Å². The second-order valence-electron chi connectivity index (χ2n) is 9.21. The lowest BCUT2D eigenvalue weighted by Crippen LogP contribution is -2.39. The van der Waals surface area contributed by atoms with Crippen molar-refractivity contribution in [2.45, 2.75) is 52.3 Å². The summed E-state index contributed by atoms with van der Waals surface area (Å²) in [5.74, 6) is 0.232. The van der Waals surface area contributed by atoms with Crippen molar-refractivity contribution in [2.75, 3.05) is 24.6 Å². The largest absolute Gasteiger partial charge is 0.476 e. The van der Waals surface area contributed by atoms with Crippen LogP contribution in [0.25, 0.3) is 10.6 Å². The molecule has 2 aromatic carbocycles. The van der Waals surface area contributed by atoms with Gasteiger partial charge in [0.2, 0.25) is 0 Å². The number of aromatic nitrogens is 1. The summed E-state index contributed by atoms with van der Waals surface area (Å²) in [6.45, 7) is 9.08. The van der Waals surface area contributed by atoms with Gasteiger partial charge in [0.25, 0.3) is 0 Å². The third-order valence-corrected chi connectivity index (χ3v) is 7.41. The number of rotatable bonds is 8. The Labute approximate surface area is 212 Å². The summed E-state index contributed by atoms with van der Waals surface area (Å²) >= 11 is 1.52. The van der Waals surface area contributed by atoms with E-state index < -0.39 is 23.3 Å². The topological polar surface area (TPSA) is 51.7 Å². The molecule has 0 radical (unpaired) electrons. The van der Waals surface area contributed by atoms with Crippen molar-refractivity contribution < 1.29 is 27.4 Å². The van der Waals surface area contributed by atoms with Gasteiger partial charge in [0.1, 0.15) is 10.8 Å². The molecule has 5 nitrogen and oxygen atoms in total. The number of carbonyl (C=O) groups is 1. The molecular formula is C27H29F3N2O3S. The molecule has 0 bridgehead atoms. The third-order valence-electron chi connectivity index (χ3n) is 6.14. The molecule has 192 valence electrons. The summed E-state index contributed by atoms with van der Waals surface area (Å²) in [5, 5.41) is 0.726. The molecule has 1 aliphatic rings. The second kappa shape index (κ2) is 10.1. The molecule has 9 heteroatoms. The van der Waals surface area contributed by atoms with Crippen molar-refractivity contribution in [3.05, 3.63) is 64.2 Å². The average Bonchev–Trinajstić information content (AvgIpc) is 3.39. The number of halogens is 3. The number of benzene rings is 2. The predicted molar refractivity (Wildman–Crippen MR) is 135 cm³/mol. The summed E-state index contributed by atoms with van der Waals surface area (Å²) in [4.78, 5) is 20.2. The molecule has 0 spiro atoms. The Morgan fingerprint density at radius 1 is 1.14 bits per heavy atom. The van der Waals surface area contributed by atoms with Gasteiger partial charge in [0, 0.05) is 35.6 Å². The first kappa shape index (κ1) is 26.0. The van der Waals surface area contributed by atoms with Crippen molar-refractivity contribution in [2.24, 2.45) is 0 Å². The lowest BCUT2D eigenvalue weighted by atomic mass is 10.1. The van der Waals surface area contributed by atoms with Crippen LogP contribution in [0.15, 0.2) is 42.5 Å². The fraction of sp³-hybridized carbons (Fsp3) is 0.407. The van der Waals surface area contributed by atoms with Crippen molar-refractivity contribution in [3.63, 3.8) is 0 Å². The minimum Gasteiger partial charge on any atom is -0.476 e. The van der Waals surface area contributed by atoms with Crippen LogP contribution in [0.2, 0.25) is 0 Å². The third kappa shape index (κ3) is 5.67. The summed E-state index contributed by atoms with van der Waals surface area (Å²) < 4.78 is 49.6. The van der Waals surface area contributed by atoms with E-state index in [9.17, 15) is 18.0 Å². The van der Waals surface area contributed by atoms with Gasteiger partial charge in [0.15, 0.2) is 5.60 Å². The lowest BCUT2D eigenvalue weighted by Gasteiger charge is -2.25. The number of alkyl halides is 3. The molecule has 0 atom stereocenters. The quantitative estimate of drug-likeness (QED) is 0.320. The normalized spacial score (nSPS) is 13.6. The van der Waals surface area contributed by atoms with E-state index >= 15 is 0 Å². The van der Waals surface area contributed by atoms with Crippen molar-refractivity contribution in [3.8, 4) is 16.3 Å². The molecule has 0 saturated carbocycles. The molecule has 0 aliphatic carbocycles. The van der Waals surface area contributed by atoms with Gasteiger partial charge >= 0.3 is 12.1 Å². The van der Waals surface area contributed by atoms with Crippen molar-refractivity contribution >= 4 is 23.0 Å². The summed E-state index contributed by atoms with van der Waals surface area (Å²) in [6.07, 6.45) is -2.68. The molecular weight excluding hydrogens is 489 g/mol. The Bertz CT molecular complexity index is 1240. The maximum Gasteiger partial charge on any atom is 0.416 e. The number of nitrogens with zero attached hydrogens (tertiary/aromatic N) is 2. The van der Waals surface area contributed by atoms with Crippen LogP contribution in [0.3, 0.4) is 0 Å². The molecule has 36 heavy (non-hydrogen) atoms. The molecule has 1 aliphatic heterocycles. The van der Waals surface area contributed by atoms with Gasteiger partial charge in [0.05, 0.1) is 17.9 Å². The molecule has 0 fully saturated rings. The maximum absolute atomic E-state index is 12.9. The highest BCUT2D eigenvalue weighted by atomic mass is 32.1. The number of esters is 1. The van der Waals surface area contributed by atoms with E-state index in [1.807, 2.05) is 25.1 Å². The second-order valence-corrected chi connectivity index (χ2v) is 10.3. The van der Waals surface area contributed by atoms with E-state index in [2.05, 4.69) is 9.88 Å². The number of fused-ring (bicyclic) bond motifs is 1. The van der Waals surface area contributed by atoms with Gasteiger partial charge in [-0.3, -0.25) is 0 Å². The fourth-order valence-corrected chi connectivity index (χ4v) is 5.26. The monoisotopic (exact) mass is 518 g/mol. The molecule has 1 aromatic heterocycles. The van der Waals surface area contributed by atoms with Gasteiger partial charge in [-0.15, -0.1) is 11.3 Å². The van der Waals surface area contributed by atoms with E-state index in [0.717, 1.165) is 59.3 Å². The molecule has 0 N–H and O–H groups in total. The number of hydrogen-bond donors (Lipinski definition) is 0. The molecule has 0 unspecified atom stereocenters. The molecule has 3 aromatic rings. The van der Waals surface area contributed by atoms with E-state index in [-0.39, 0.29) is 0 Å². The Kier molecular flexibility index (Phi) is 7.31. The zero-order chi connectivity index (χ0) is 26.1. The zero-order valence-corrected chi connectivity index (χ0v) is 21.6. The van der Waals surface area contributed by atoms with E-state index in [4.69, 9.17) is 9.47 Å². The highest BCUT2D eigenvalue weighted by Gasteiger charge is 2.32. The highest BCUT2D eigenvalue weighted by molar-refractivity contribution is 7.15. The summed E-state index contributed by atoms with van der Waals surface area (Å²) in [5.41, 5.74) is 2.16. The Balaban J connectivity index is 1.41. The van der Waals surface area contributed by atoms with Gasteiger partial charge in [-0.2, -0.15) is 13.2 Å². The standard InChI is InChI=1S/C27H29F3N2O3S/c1-5-34-25(33)26(3,4)35-21-10-11-22-19(16-21)12-14-32(22)15-13-23-17(2)31-24(36-23)18-6-8-20(9-7-18)27(28,29)30/h6-11,16H,5,12-15H2,1-4H3. The maximum atomic E-state index is 12.9. The number of anilines is 1. The SMILES string of the molecule is CCOC(=O)C(C)(C)Oc1ccc2c(c1)CCN2CCc1sc(-c2ccc(C(F)(F)F)cc2)nc1C. The van der Waals surface area contributed by atoms with Crippen LogP contribution in [0.4, 0.5) is 18.9 Å². The number of aryl methyl sites for hydroxylation is 1. The van der Waals surface area contributed by atoms with E-state index in [0.29, 0.717) is 17.9 Å². The van der Waals surface area contributed by atoms with Crippen LogP contribution in [0.1, 0.15) is 42.5 Å². The summed E-state index contributed by atoms with van der Waals surface area (Å²) in [6, 6.07) is 11.0. The highest BCUT2D eigenvalue weighted by Crippen LogP contribution is 2.35. The Morgan fingerprint density at radius 3 is 2.53 bits per heavy atom.